The molecule has 3 fully saturated rings. The summed E-state index contributed by atoms with van der Waals surface area (Å²) in [6, 6.07) is 0. The quantitative estimate of drug-likeness (QED) is 0.655. The largest absolute Gasteiger partial charge is 0.379 e. The standard InChI is InChI=1S/C22H43N3O3/c1-18-14-23(15-19(2)27-18)8-6-22(5,25-10-12-26-13-11-25)7-9-24-16-20(3)28-21(4)17-24/h18-21H,6-17H2,1-5H3. The Morgan fingerprint density at radius 1 is 0.714 bits per heavy atom. The van der Waals surface area contributed by atoms with Crippen molar-refractivity contribution >= 4 is 0 Å². The fraction of sp³-hybridized carbons (Fsp3) is 1.00. The molecule has 3 heterocycles. The van der Waals surface area contributed by atoms with Crippen LogP contribution < -0.4 is 0 Å². The van der Waals surface area contributed by atoms with Gasteiger partial charge in [0.1, 0.15) is 0 Å². The van der Waals surface area contributed by atoms with E-state index >= 15 is 0 Å². The fourth-order valence-corrected chi connectivity index (χ4v) is 5.28. The Kier molecular flexibility index (Phi) is 8.16. The SMILES string of the molecule is CC1CN(CCC(C)(CCN2CC(C)OC(C)C2)N2CCOCC2)CC(C)O1. The highest BCUT2D eigenvalue weighted by atomic mass is 16.5. The Labute approximate surface area is 172 Å². The normalized spacial score (nSPS) is 36.3. The van der Waals surface area contributed by atoms with E-state index in [1.165, 1.54) is 12.8 Å². The van der Waals surface area contributed by atoms with Crippen LogP contribution in [0.3, 0.4) is 0 Å². The minimum absolute atomic E-state index is 0.222. The molecule has 4 atom stereocenters. The predicted molar refractivity (Wildman–Crippen MR) is 113 cm³/mol. The molecule has 3 rings (SSSR count). The van der Waals surface area contributed by atoms with Gasteiger partial charge in [-0.2, -0.15) is 0 Å². The summed E-state index contributed by atoms with van der Waals surface area (Å²) in [5.41, 5.74) is 0.222. The summed E-state index contributed by atoms with van der Waals surface area (Å²) < 4.78 is 17.5. The molecular weight excluding hydrogens is 354 g/mol. The van der Waals surface area contributed by atoms with Gasteiger partial charge in [-0.25, -0.2) is 0 Å². The van der Waals surface area contributed by atoms with Crippen LogP contribution >= 0.6 is 0 Å². The number of hydrogen-bond acceptors (Lipinski definition) is 6. The van der Waals surface area contributed by atoms with Gasteiger partial charge in [0.25, 0.3) is 0 Å². The highest BCUT2D eigenvalue weighted by Crippen LogP contribution is 2.27. The summed E-state index contributed by atoms with van der Waals surface area (Å²) in [6.45, 7) is 21.7. The number of ether oxygens (including phenoxy) is 3. The van der Waals surface area contributed by atoms with Crippen molar-refractivity contribution in [3.8, 4) is 0 Å². The molecule has 4 unspecified atom stereocenters. The second-order valence-electron chi connectivity index (χ2n) is 9.63. The predicted octanol–water partition coefficient (Wildman–Crippen LogP) is 2.08. The summed E-state index contributed by atoms with van der Waals surface area (Å²) >= 11 is 0. The fourth-order valence-electron chi connectivity index (χ4n) is 5.28. The van der Waals surface area contributed by atoms with Gasteiger partial charge in [0, 0.05) is 57.9 Å². The van der Waals surface area contributed by atoms with Gasteiger partial charge in [0.05, 0.1) is 37.6 Å². The van der Waals surface area contributed by atoms with Crippen LogP contribution in [-0.4, -0.2) is 110 Å². The lowest BCUT2D eigenvalue weighted by molar-refractivity contribution is -0.0814. The molecule has 0 aliphatic carbocycles. The summed E-state index contributed by atoms with van der Waals surface area (Å²) in [4.78, 5) is 7.91. The minimum Gasteiger partial charge on any atom is -0.379 e. The molecule has 6 nitrogen and oxygen atoms in total. The molecule has 164 valence electrons. The van der Waals surface area contributed by atoms with Gasteiger partial charge in [-0.05, 0) is 47.5 Å². The molecule has 0 aromatic rings. The number of nitrogens with zero attached hydrogens (tertiary/aromatic N) is 3. The van der Waals surface area contributed by atoms with Gasteiger partial charge in [0.15, 0.2) is 0 Å². The van der Waals surface area contributed by atoms with Gasteiger partial charge in [0.2, 0.25) is 0 Å². The third kappa shape index (κ3) is 6.38. The van der Waals surface area contributed by atoms with E-state index in [2.05, 4.69) is 49.3 Å². The number of hydrogen-bond donors (Lipinski definition) is 0. The van der Waals surface area contributed by atoms with E-state index in [1.54, 1.807) is 0 Å². The van der Waals surface area contributed by atoms with Crippen LogP contribution in [0.4, 0.5) is 0 Å². The average Bonchev–Trinajstić information content (AvgIpc) is 2.64. The van der Waals surface area contributed by atoms with E-state index in [4.69, 9.17) is 14.2 Å². The smallest absolute Gasteiger partial charge is 0.0678 e. The van der Waals surface area contributed by atoms with Gasteiger partial charge < -0.3 is 14.2 Å². The Morgan fingerprint density at radius 3 is 1.50 bits per heavy atom. The van der Waals surface area contributed by atoms with Crippen LogP contribution in [0, 0.1) is 0 Å². The van der Waals surface area contributed by atoms with E-state index in [0.717, 1.165) is 65.6 Å². The van der Waals surface area contributed by atoms with Crippen molar-refractivity contribution in [3.63, 3.8) is 0 Å². The van der Waals surface area contributed by atoms with E-state index in [9.17, 15) is 0 Å². The summed E-state index contributed by atoms with van der Waals surface area (Å²) in [5, 5.41) is 0. The molecule has 28 heavy (non-hydrogen) atoms. The maximum Gasteiger partial charge on any atom is 0.0678 e. The van der Waals surface area contributed by atoms with Crippen LogP contribution in [0.25, 0.3) is 0 Å². The molecule has 0 radical (unpaired) electrons. The van der Waals surface area contributed by atoms with Crippen molar-refractivity contribution < 1.29 is 14.2 Å². The van der Waals surface area contributed by atoms with Crippen LogP contribution in [0.15, 0.2) is 0 Å². The summed E-state index contributed by atoms with van der Waals surface area (Å²) in [6.07, 6.45) is 3.79. The minimum atomic E-state index is 0.222. The van der Waals surface area contributed by atoms with Crippen LogP contribution in [0.1, 0.15) is 47.5 Å². The second kappa shape index (κ2) is 10.2. The molecule has 3 aliphatic heterocycles. The van der Waals surface area contributed by atoms with E-state index < -0.39 is 0 Å². The Morgan fingerprint density at radius 2 is 1.11 bits per heavy atom. The van der Waals surface area contributed by atoms with Crippen molar-refractivity contribution in [3.05, 3.63) is 0 Å². The Balaban J connectivity index is 1.58. The highest BCUT2D eigenvalue weighted by Gasteiger charge is 2.35. The van der Waals surface area contributed by atoms with Crippen LogP contribution in [0.2, 0.25) is 0 Å². The van der Waals surface area contributed by atoms with Gasteiger partial charge >= 0.3 is 0 Å². The first kappa shape index (κ1) is 22.4. The van der Waals surface area contributed by atoms with E-state index in [-0.39, 0.29) is 5.54 Å². The van der Waals surface area contributed by atoms with Crippen molar-refractivity contribution in [2.75, 3.05) is 65.6 Å². The zero-order chi connectivity index (χ0) is 20.1. The van der Waals surface area contributed by atoms with Crippen molar-refractivity contribution in [1.82, 2.24) is 14.7 Å². The zero-order valence-electron chi connectivity index (χ0n) is 18.9. The average molecular weight is 398 g/mol. The van der Waals surface area contributed by atoms with Crippen molar-refractivity contribution in [2.24, 2.45) is 0 Å². The zero-order valence-corrected chi connectivity index (χ0v) is 18.9. The molecule has 0 bridgehead atoms. The first-order valence-corrected chi connectivity index (χ1v) is 11.4. The Hall–Kier alpha value is -0.240. The molecule has 0 spiro atoms. The van der Waals surface area contributed by atoms with Crippen molar-refractivity contribution in [2.45, 2.75) is 77.4 Å². The highest BCUT2D eigenvalue weighted by molar-refractivity contribution is 4.91. The summed E-state index contributed by atoms with van der Waals surface area (Å²) in [7, 11) is 0. The molecule has 3 saturated heterocycles. The lowest BCUT2D eigenvalue weighted by Gasteiger charge is -2.46. The van der Waals surface area contributed by atoms with E-state index in [0.29, 0.717) is 24.4 Å². The van der Waals surface area contributed by atoms with Gasteiger partial charge in [-0.1, -0.05) is 0 Å². The Bertz CT molecular complexity index is 422. The third-order valence-corrected chi connectivity index (χ3v) is 6.70. The molecule has 0 aromatic heterocycles. The molecule has 0 amide bonds. The lowest BCUT2D eigenvalue weighted by atomic mass is 9.89. The monoisotopic (exact) mass is 397 g/mol. The molecule has 3 aliphatic rings. The molecule has 0 aromatic carbocycles. The van der Waals surface area contributed by atoms with Crippen molar-refractivity contribution in [1.29, 1.82) is 0 Å². The molecular formula is C22H43N3O3. The van der Waals surface area contributed by atoms with E-state index in [1.807, 2.05) is 0 Å². The maximum absolute atomic E-state index is 5.92. The van der Waals surface area contributed by atoms with Gasteiger partial charge in [-0.3, -0.25) is 14.7 Å². The number of morpholine rings is 3. The molecule has 6 heteroatoms. The molecule has 0 N–H and O–H groups in total. The van der Waals surface area contributed by atoms with Crippen LogP contribution in [-0.2, 0) is 14.2 Å². The molecule has 0 saturated carbocycles. The number of rotatable bonds is 7. The van der Waals surface area contributed by atoms with Gasteiger partial charge in [-0.15, -0.1) is 0 Å². The first-order valence-electron chi connectivity index (χ1n) is 11.4. The topological polar surface area (TPSA) is 37.4 Å². The third-order valence-electron chi connectivity index (χ3n) is 6.70. The second-order valence-corrected chi connectivity index (χ2v) is 9.63. The maximum atomic E-state index is 5.92. The summed E-state index contributed by atoms with van der Waals surface area (Å²) in [5.74, 6) is 0. The van der Waals surface area contributed by atoms with Crippen LogP contribution in [0.5, 0.6) is 0 Å². The lowest BCUT2D eigenvalue weighted by Crippen LogP contribution is -2.56. The first-order chi connectivity index (χ1) is 13.3.